The first kappa shape index (κ1) is 12.5. The number of carbonyl (C=O) groups is 1. The van der Waals surface area contributed by atoms with Crippen LogP contribution in [0.1, 0.15) is 39.5 Å². The minimum atomic E-state index is 0.219. The van der Waals surface area contributed by atoms with E-state index in [0.29, 0.717) is 5.91 Å². The van der Waals surface area contributed by atoms with Crippen LogP contribution in [0.3, 0.4) is 0 Å². The highest BCUT2D eigenvalue weighted by molar-refractivity contribution is 5.78. The van der Waals surface area contributed by atoms with E-state index >= 15 is 0 Å². The van der Waals surface area contributed by atoms with Crippen molar-refractivity contribution in [2.45, 2.75) is 39.5 Å². The Labute approximate surface area is 92.8 Å². The van der Waals surface area contributed by atoms with Gasteiger partial charge in [0.15, 0.2) is 0 Å². The van der Waals surface area contributed by atoms with Gasteiger partial charge in [0.2, 0.25) is 5.91 Å². The lowest BCUT2D eigenvalue weighted by atomic mass is 9.98. The van der Waals surface area contributed by atoms with E-state index in [9.17, 15) is 4.79 Å². The van der Waals surface area contributed by atoms with Gasteiger partial charge in [-0.25, -0.2) is 0 Å². The van der Waals surface area contributed by atoms with Gasteiger partial charge in [-0.3, -0.25) is 4.79 Å². The van der Waals surface area contributed by atoms with Crippen LogP contribution in [0, 0.1) is 5.92 Å². The third-order valence-corrected chi connectivity index (χ3v) is 2.87. The molecule has 88 valence electrons. The van der Waals surface area contributed by atoms with Gasteiger partial charge in [-0.05, 0) is 25.7 Å². The summed E-state index contributed by atoms with van der Waals surface area (Å²) in [5.74, 6) is 0.568. The molecule has 3 nitrogen and oxygen atoms in total. The Bertz CT molecular complexity index is 182. The lowest BCUT2D eigenvalue weighted by molar-refractivity contribution is -0.138. The van der Waals surface area contributed by atoms with Crippen molar-refractivity contribution in [2.75, 3.05) is 26.3 Å². The van der Waals surface area contributed by atoms with E-state index < -0.39 is 0 Å². The molecule has 1 aliphatic rings. The maximum Gasteiger partial charge on any atom is 0.225 e. The zero-order chi connectivity index (χ0) is 11.1. The second-order valence-electron chi connectivity index (χ2n) is 4.21. The summed E-state index contributed by atoms with van der Waals surface area (Å²) < 4.78 is 5.28. The first-order valence-corrected chi connectivity index (χ1v) is 6.16. The van der Waals surface area contributed by atoms with Crippen molar-refractivity contribution in [3.05, 3.63) is 0 Å². The Balaban J connectivity index is 2.45. The van der Waals surface area contributed by atoms with Crippen LogP contribution in [0.2, 0.25) is 0 Å². The fourth-order valence-corrected chi connectivity index (χ4v) is 2.07. The van der Waals surface area contributed by atoms with Gasteiger partial charge in [-0.15, -0.1) is 0 Å². The van der Waals surface area contributed by atoms with E-state index in [4.69, 9.17) is 4.74 Å². The van der Waals surface area contributed by atoms with Crippen molar-refractivity contribution in [1.82, 2.24) is 4.90 Å². The molecule has 15 heavy (non-hydrogen) atoms. The minimum absolute atomic E-state index is 0.219. The molecule has 1 rings (SSSR count). The zero-order valence-electron chi connectivity index (χ0n) is 10.00. The monoisotopic (exact) mass is 213 g/mol. The largest absolute Gasteiger partial charge is 0.381 e. The molecule has 0 unspecified atom stereocenters. The molecule has 1 fully saturated rings. The Morgan fingerprint density at radius 2 is 1.73 bits per heavy atom. The lowest BCUT2D eigenvalue weighted by Gasteiger charge is -2.28. The van der Waals surface area contributed by atoms with Crippen LogP contribution in [-0.4, -0.2) is 37.1 Å². The molecule has 0 atom stereocenters. The molecule has 1 saturated heterocycles. The molecule has 0 N–H and O–H groups in total. The predicted octanol–water partition coefficient (Wildman–Crippen LogP) is 2.06. The standard InChI is InChI=1S/C12H23NO2/c1-3-7-13(8-4-2)12(14)11-5-9-15-10-6-11/h11H,3-10H2,1-2H3. The van der Waals surface area contributed by atoms with Crippen LogP contribution in [-0.2, 0) is 9.53 Å². The number of ether oxygens (including phenoxy) is 1. The van der Waals surface area contributed by atoms with E-state index in [1.54, 1.807) is 0 Å². The number of hydrogen-bond acceptors (Lipinski definition) is 2. The van der Waals surface area contributed by atoms with Crippen LogP contribution in [0.5, 0.6) is 0 Å². The van der Waals surface area contributed by atoms with Gasteiger partial charge < -0.3 is 9.64 Å². The lowest BCUT2D eigenvalue weighted by Crippen LogP contribution is -2.39. The highest BCUT2D eigenvalue weighted by atomic mass is 16.5. The van der Waals surface area contributed by atoms with Gasteiger partial charge in [-0.1, -0.05) is 13.8 Å². The van der Waals surface area contributed by atoms with Crippen LogP contribution < -0.4 is 0 Å². The predicted molar refractivity (Wildman–Crippen MR) is 60.7 cm³/mol. The summed E-state index contributed by atoms with van der Waals surface area (Å²) in [4.78, 5) is 14.2. The van der Waals surface area contributed by atoms with Crippen molar-refractivity contribution in [3.8, 4) is 0 Å². The summed E-state index contributed by atoms with van der Waals surface area (Å²) >= 11 is 0. The number of amides is 1. The Hall–Kier alpha value is -0.570. The molecule has 0 bridgehead atoms. The molecule has 0 radical (unpaired) electrons. The van der Waals surface area contributed by atoms with E-state index in [2.05, 4.69) is 13.8 Å². The topological polar surface area (TPSA) is 29.5 Å². The molecular formula is C12H23NO2. The molecule has 3 heteroatoms. The van der Waals surface area contributed by atoms with Crippen LogP contribution in [0.25, 0.3) is 0 Å². The van der Waals surface area contributed by atoms with E-state index in [0.717, 1.165) is 52.0 Å². The third kappa shape index (κ3) is 3.82. The summed E-state index contributed by atoms with van der Waals surface area (Å²) in [6.45, 7) is 7.57. The van der Waals surface area contributed by atoms with Gasteiger partial charge in [0.25, 0.3) is 0 Å². The summed E-state index contributed by atoms with van der Waals surface area (Å²) in [6.07, 6.45) is 3.91. The molecule has 0 aliphatic carbocycles. The van der Waals surface area contributed by atoms with E-state index in [-0.39, 0.29) is 5.92 Å². The summed E-state index contributed by atoms with van der Waals surface area (Å²) in [7, 11) is 0. The van der Waals surface area contributed by atoms with Crippen molar-refractivity contribution < 1.29 is 9.53 Å². The first-order valence-electron chi connectivity index (χ1n) is 6.16. The van der Waals surface area contributed by atoms with Crippen molar-refractivity contribution in [3.63, 3.8) is 0 Å². The second-order valence-corrected chi connectivity index (χ2v) is 4.21. The summed E-state index contributed by atoms with van der Waals surface area (Å²) in [5.41, 5.74) is 0. The van der Waals surface area contributed by atoms with Gasteiger partial charge in [0.1, 0.15) is 0 Å². The second kappa shape index (κ2) is 6.83. The fourth-order valence-electron chi connectivity index (χ4n) is 2.07. The van der Waals surface area contributed by atoms with Crippen molar-refractivity contribution in [2.24, 2.45) is 5.92 Å². The average molecular weight is 213 g/mol. The Kier molecular flexibility index (Phi) is 5.69. The molecule has 1 amide bonds. The minimum Gasteiger partial charge on any atom is -0.381 e. The van der Waals surface area contributed by atoms with Gasteiger partial charge in [0.05, 0.1) is 0 Å². The van der Waals surface area contributed by atoms with E-state index in [1.807, 2.05) is 4.90 Å². The number of nitrogens with zero attached hydrogens (tertiary/aromatic N) is 1. The normalized spacial score (nSPS) is 17.7. The fraction of sp³-hybridized carbons (Fsp3) is 0.917. The molecule has 0 saturated carbocycles. The molecule has 0 aromatic rings. The Morgan fingerprint density at radius 3 is 2.20 bits per heavy atom. The molecule has 0 spiro atoms. The van der Waals surface area contributed by atoms with Crippen LogP contribution in [0.4, 0.5) is 0 Å². The van der Waals surface area contributed by atoms with Crippen LogP contribution in [0.15, 0.2) is 0 Å². The number of carbonyl (C=O) groups excluding carboxylic acids is 1. The summed E-state index contributed by atoms with van der Waals surface area (Å²) in [5, 5.41) is 0. The maximum atomic E-state index is 12.1. The van der Waals surface area contributed by atoms with Gasteiger partial charge in [0, 0.05) is 32.2 Å². The van der Waals surface area contributed by atoms with Crippen LogP contribution >= 0.6 is 0 Å². The highest BCUT2D eigenvalue weighted by Gasteiger charge is 2.25. The summed E-state index contributed by atoms with van der Waals surface area (Å²) in [6, 6.07) is 0. The average Bonchev–Trinajstić information content (AvgIpc) is 2.29. The van der Waals surface area contributed by atoms with Gasteiger partial charge in [-0.2, -0.15) is 0 Å². The van der Waals surface area contributed by atoms with Crippen molar-refractivity contribution in [1.29, 1.82) is 0 Å². The highest BCUT2D eigenvalue weighted by Crippen LogP contribution is 2.17. The van der Waals surface area contributed by atoms with Gasteiger partial charge >= 0.3 is 0 Å². The Morgan fingerprint density at radius 1 is 1.20 bits per heavy atom. The quantitative estimate of drug-likeness (QED) is 0.699. The maximum absolute atomic E-state index is 12.1. The number of hydrogen-bond donors (Lipinski definition) is 0. The molecule has 0 aromatic heterocycles. The zero-order valence-corrected chi connectivity index (χ0v) is 10.00. The third-order valence-electron chi connectivity index (χ3n) is 2.87. The first-order chi connectivity index (χ1) is 7.29. The van der Waals surface area contributed by atoms with E-state index in [1.165, 1.54) is 0 Å². The SMILES string of the molecule is CCCN(CCC)C(=O)C1CCOCC1. The number of rotatable bonds is 5. The molecule has 1 heterocycles. The molecule has 1 aliphatic heterocycles. The van der Waals surface area contributed by atoms with Crippen molar-refractivity contribution >= 4 is 5.91 Å². The molecular weight excluding hydrogens is 190 g/mol. The molecule has 0 aromatic carbocycles. The smallest absolute Gasteiger partial charge is 0.225 e.